The maximum atomic E-state index is 10.4. The molecule has 2 aromatic rings. The third-order valence-electron chi connectivity index (χ3n) is 2.71. The molecule has 0 atom stereocenters. The number of aliphatic carboxylic acids is 1. The summed E-state index contributed by atoms with van der Waals surface area (Å²) in [6, 6.07) is 8.02. The molecule has 5 nitrogen and oxygen atoms in total. The second-order valence-corrected chi connectivity index (χ2v) is 5.48. The van der Waals surface area contributed by atoms with Crippen molar-refractivity contribution < 1.29 is 9.90 Å². The highest BCUT2D eigenvalue weighted by Crippen LogP contribution is 2.11. The molecule has 1 aromatic carbocycles. The molecule has 100 valence electrons. The van der Waals surface area contributed by atoms with Crippen LogP contribution < -0.4 is 0 Å². The summed E-state index contributed by atoms with van der Waals surface area (Å²) in [5, 5.41) is 16.7. The lowest BCUT2D eigenvalue weighted by atomic mass is 10.1. The van der Waals surface area contributed by atoms with Crippen molar-refractivity contribution in [3.63, 3.8) is 0 Å². The minimum Gasteiger partial charge on any atom is -0.481 e. The van der Waals surface area contributed by atoms with Gasteiger partial charge in [-0.3, -0.25) is 4.79 Å². The van der Waals surface area contributed by atoms with Crippen LogP contribution in [0.25, 0.3) is 5.69 Å². The summed E-state index contributed by atoms with van der Waals surface area (Å²) in [4.78, 5) is 10.4. The highest BCUT2D eigenvalue weighted by molar-refractivity contribution is 14.1. The molecule has 2 rings (SSSR count). The number of aryl methyl sites for hydroxylation is 1. The largest absolute Gasteiger partial charge is 0.481 e. The van der Waals surface area contributed by atoms with Gasteiger partial charge in [0.05, 0.1) is 17.6 Å². The third kappa shape index (κ3) is 4.30. The fourth-order valence-corrected chi connectivity index (χ4v) is 2.07. The lowest BCUT2D eigenvalue weighted by Crippen LogP contribution is -1.95. The third-order valence-corrected chi connectivity index (χ3v) is 3.42. The van der Waals surface area contributed by atoms with Crippen LogP contribution in [-0.4, -0.2) is 26.1 Å². The molecule has 6 heteroatoms. The number of hydrogen-bond acceptors (Lipinski definition) is 3. The summed E-state index contributed by atoms with van der Waals surface area (Å²) in [7, 11) is 0. The Kier molecular flexibility index (Phi) is 4.89. The molecule has 1 heterocycles. The summed E-state index contributed by atoms with van der Waals surface area (Å²) >= 11 is 2.26. The van der Waals surface area contributed by atoms with Crippen molar-refractivity contribution >= 4 is 28.6 Å². The van der Waals surface area contributed by atoms with Crippen LogP contribution in [0.4, 0.5) is 0 Å². The molecule has 0 saturated heterocycles. The van der Waals surface area contributed by atoms with Crippen molar-refractivity contribution in [3.05, 3.63) is 39.7 Å². The predicted molar refractivity (Wildman–Crippen MR) is 79.3 cm³/mol. The first kappa shape index (κ1) is 14.0. The standard InChI is InChI=1S/C13H14IN3O2/c14-10-5-7-12(8-6-10)17-9-11(15-16-17)3-1-2-4-13(18)19/h5-9H,1-4H2,(H,18,19). The molecule has 1 N–H and O–H groups in total. The highest BCUT2D eigenvalue weighted by Gasteiger charge is 2.03. The molecule has 0 aliphatic heterocycles. The van der Waals surface area contributed by atoms with E-state index in [9.17, 15) is 4.79 Å². The SMILES string of the molecule is O=C(O)CCCCc1cn(-c2ccc(I)cc2)nn1. The van der Waals surface area contributed by atoms with Gasteiger partial charge in [0.25, 0.3) is 0 Å². The first-order valence-corrected chi connectivity index (χ1v) is 7.12. The van der Waals surface area contributed by atoms with Crippen LogP contribution in [-0.2, 0) is 11.2 Å². The molecular formula is C13H14IN3O2. The molecule has 1 aromatic heterocycles. The second kappa shape index (κ2) is 6.65. The summed E-state index contributed by atoms with van der Waals surface area (Å²) in [5.74, 6) is -0.748. The van der Waals surface area contributed by atoms with E-state index in [1.54, 1.807) is 4.68 Å². The van der Waals surface area contributed by atoms with Crippen LogP contribution in [0, 0.1) is 3.57 Å². The Morgan fingerprint density at radius 1 is 1.26 bits per heavy atom. The van der Waals surface area contributed by atoms with E-state index in [-0.39, 0.29) is 6.42 Å². The molecule has 0 fully saturated rings. The number of carboxylic acid groups (broad SMARTS) is 1. The number of nitrogens with zero attached hydrogens (tertiary/aromatic N) is 3. The molecular weight excluding hydrogens is 357 g/mol. The van der Waals surface area contributed by atoms with Crippen molar-refractivity contribution in [3.8, 4) is 5.69 Å². The molecule has 0 spiro atoms. The van der Waals surface area contributed by atoms with Crippen LogP contribution in [0.5, 0.6) is 0 Å². The van der Waals surface area contributed by atoms with Crippen LogP contribution in [0.3, 0.4) is 0 Å². The van der Waals surface area contributed by atoms with Crippen molar-refractivity contribution in [2.24, 2.45) is 0 Å². The van der Waals surface area contributed by atoms with Crippen LogP contribution in [0.15, 0.2) is 30.5 Å². The number of benzene rings is 1. The van der Waals surface area contributed by atoms with Crippen LogP contribution in [0.2, 0.25) is 0 Å². The van der Waals surface area contributed by atoms with Gasteiger partial charge < -0.3 is 5.11 Å². The smallest absolute Gasteiger partial charge is 0.303 e. The topological polar surface area (TPSA) is 68.0 Å². The maximum absolute atomic E-state index is 10.4. The summed E-state index contributed by atoms with van der Waals surface area (Å²) in [6.45, 7) is 0. The molecule has 0 bridgehead atoms. The number of rotatable bonds is 6. The van der Waals surface area contributed by atoms with Gasteiger partial charge in [-0.05, 0) is 66.1 Å². The fourth-order valence-electron chi connectivity index (χ4n) is 1.72. The summed E-state index contributed by atoms with van der Waals surface area (Å²) in [6.07, 6.45) is 4.36. The highest BCUT2D eigenvalue weighted by atomic mass is 127. The number of aromatic nitrogens is 3. The number of hydrogen-bond donors (Lipinski definition) is 1. The Balaban J connectivity index is 1.91. The monoisotopic (exact) mass is 371 g/mol. The van der Waals surface area contributed by atoms with Gasteiger partial charge in [0.15, 0.2) is 0 Å². The Hall–Kier alpha value is -1.44. The van der Waals surface area contributed by atoms with E-state index in [2.05, 4.69) is 32.9 Å². The molecule has 0 aliphatic carbocycles. The van der Waals surface area contributed by atoms with Gasteiger partial charge in [-0.15, -0.1) is 5.10 Å². The molecule has 0 amide bonds. The quantitative estimate of drug-likeness (QED) is 0.626. The van der Waals surface area contributed by atoms with Crippen LogP contribution in [0.1, 0.15) is 25.0 Å². The minimum atomic E-state index is -0.748. The Labute approximate surface area is 124 Å². The zero-order chi connectivity index (χ0) is 13.7. The number of carboxylic acids is 1. The van der Waals surface area contributed by atoms with Gasteiger partial charge in [0.2, 0.25) is 0 Å². The zero-order valence-corrected chi connectivity index (χ0v) is 12.4. The Morgan fingerprint density at radius 2 is 2.00 bits per heavy atom. The number of unbranched alkanes of at least 4 members (excludes halogenated alkanes) is 1. The molecule has 0 aliphatic rings. The molecule has 0 saturated carbocycles. The first-order chi connectivity index (χ1) is 9.15. The normalized spacial score (nSPS) is 10.6. The van der Waals surface area contributed by atoms with Crippen molar-refractivity contribution in [2.75, 3.05) is 0 Å². The van der Waals surface area contributed by atoms with E-state index < -0.39 is 5.97 Å². The number of carbonyl (C=O) groups is 1. The van der Waals surface area contributed by atoms with Crippen LogP contribution >= 0.6 is 22.6 Å². The first-order valence-electron chi connectivity index (χ1n) is 6.04. The van der Waals surface area contributed by atoms with Gasteiger partial charge >= 0.3 is 5.97 Å². The predicted octanol–water partition coefficient (Wildman–Crippen LogP) is 2.67. The summed E-state index contributed by atoms with van der Waals surface area (Å²) in [5.41, 5.74) is 1.87. The van der Waals surface area contributed by atoms with Gasteiger partial charge in [0, 0.05) is 9.99 Å². The van der Waals surface area contributed by atoms with E-state index in [0.717, 1.165) is 24.2 Å². The molecule has 0 unspecified atom stereocenters. The van der Waals surface area contributed by atoms with E-state index in [4.69, 9.17) is 5.11 Å². The average molecular weight is 371 g/mol. The van der Waals surface area contributed by atoms with E-state index >= 15 is 0 Å². The lowest BCUT2D eigenvalue weighted by molar-refractivity contribution is -0.137. The molecule has 19 heavy (non-hydrogen) atoms. The Morgan fingerprint density at radius 3 is 2.68 bits per heavy atom. The van der Waals surface area contributed by atoms with E-state index in [1.165, 1.54) is 3.57 Å². The number of halogens is 1. The van der Waals surface area contributed by atoms with E-state index in [0.29, 0.717) is 6.42 Å². The minimum absolute atomic E-state index is 0.214. The van der Waals surface area contributed by atoms with Crippen molar-refractivity contribution in [1.29, 1.82) is 0 Å². The van der Waals surface area contributed by atoms with Gasteiger partial charge in [-0.1, -0.05) is 5.21 Å². The van der Waals surface area contributed by atoms with Gasteiger partial charge in [-0.2, -0.15) is 0 Å². The molecule has 0 radical (unpaired) electrons. The summed E-state index contributed by atoms with van der Waals surface area (Å²) < 4.78 is 2.91. The van der Waals surface area contributed by atoms with Crippen molar-refractivity contribution in [1.82, 2.24) is 15.0 Å². The Bertz CT molecular complexity index is 551. The van der Waals surface area contributed by atoms with E-state index in [1.807, 2.05) is 30.5 Å². The van der Waals surface area contributed by atoms with Crippen molar-refractivity contribution in [2.45, 2.75) is 25.7 Å². The second-order valence-electron chi connectivity index (χ2n) is 4.23. The average Bonchev–Trinajstić information content (AvgIpc) is 2.84. The fraction of sp³-hybridized carbons (Fsp3) is 0.308. The zero-order valence-electron chi connectivity index (χ0n) is 10.3. The lowest BCUT2D eigenvalue weighted by Gasteiger charge is -1.99. The maximum Gasteiger partial charge on any atom is 0.303 e. The van der Waals surface area contributed by atoms with Gasteiger partial charge in [-0.25, -0.2) is 4.68 Å². The van der Waals surface area contributed by atoms with Gasteiger partial charge in [0.1, 0.15) is 0 Å².